The van der Waals surface area contributed by atoms with Gasteiger partial charge in [0, 0.05) is 0 Å². The zero-order valence-corrected chi connectivity index (χ0v) is 22.1. The van der Waals surface area contributed by atoms with Gasteiger partial charge in [0.2, 0.25) is 0 Å². The van der Waals surface area contributed by atoms with Gasteiger partial charge in [-0.05, 0) is 116 Å². The van der Waals surface area contributed by atoms with Crippen LogP contribution in [0.2, 0.25) is 0 Å². The summed E-state index contributed by atoms with van der Waals surface area (Å²) in [4.78, 5) is 0. The summed E-state index contributed by atoms with van der Waals surface area (Å²) < 4.78 is 226. The number of hydrogen-bond donors (Lipinski definition) is 0. The Morgan fingerprint density at radius 1 is 0.295 bits per heavy atom. The summed E-state index contributed by atoms with van der Waals surface area (Å²) in [6.45, 7) is 0. The molecule has 0 spiro atoms. The molecule has 202 valence electrons. The van der Waals surface area contributed by atoms with Crippen LogP contribution in [0, 0.1) is 0 Å². The minimum Gasteiger partial charge on any atom is -0.0622 e. The lowest BCUT2D eigenvalue weighted by atomic mass is 9.86. The van der Waals surface area contributed by atoms with E-state index >= 15 is 0 Å². The quantitative estimate of drug-likeness (QED) is 0.183. The highest BCUT2D eigenvalue weighted by Crippen LogP contribution is 2.44. The number of hydrogen-bond acceptors (Lipinski definition) is 0. The zero-order valence-electron chi connectivity index (χ0n) is 47.1. The minimum absolute atomic E-state index is 0.195. The van der Waals surface area contributed by atoms with E-state index in [1.165, 1.54) is 0 Å². The molecule has 10 rings (SSSR count). The second-order valence-electron chi connectivity index (χ2n) is 10.1. The van der Waals surface area contributed by atoms with Crippen molar-refractivity contribution in [3.05, 3.63) is 157 Å². The third-order valence-electron chi connectivity index (χ3n) is 7.70. The molecule has 0 aliphatic carbocycles. The summed E-state index contributed by atoms with van der Waals surface area (Å²) in [5.41, 5.74) is -4.45. The molecule has 0 nitrogen and oxygen atoms in total. The molecule has 10 aromatic carbocycles. The summed E-state index contributed by atoms with van der Waals surface area (Å²) in [5.74, 6) is 0. The third-order valence-corrected chi connectivity index (χ3v) is 7.70. The van der Waals surface area contributed by atoms with E-state index < -0.39 is 211 Å². The maximum atomic E-state index is 10.0. The molecule has 0 atom stereocenters. The Labute approximate surface area is 290 Å². The lowest BCUT2D eigenvalue weighted by Gasteiger charge is -2.18. The molecule has 0 aromatic heterocycles. The maximum Gasteiger partial charge on any atom is 0.0636 e. The lowest BCUT2D eigenvalue weighted by molar-refractivity contribution is 1.59. The predicted molar refractivity (Wildman–Crippen MR) is 190 cm³/mol. The second kappa shape index (κ2) is 8.89. The minimum atomic E-state index is -1.01. The van der Waals surface area contributed by atoms with Gasteiger partial charge in [-0.3, -0.25) is 0 Å². The van der Waals surface area contributed by atoms with Crippen LogP contribution in [-0.4, -0.2) is 0 Å². The van der Waals surface area contributed by atoms with Crippen LogP contribution in [-0.2, 0) is 0 Å². The first-order valence-corrected chi connectivity index (χ1v) is 13.3. The molecule has 0 fully saturated rings. The van der Waals surface area contributed by atoms with E-state index in [0.717, 1.165) is 6.07 Å². The Balaban J connectivity index is 1.53. The molecule has 0 radical (unpaired) electrons. The highest BCUT2D eigenvalue weighted by molar-refractivity contribution is 6.27. The fourth-order valence-corrected chi connectivity index (χ4v) is 5.80. The van der Waals surface area contributed by atoms with E-state index in [0.29, 0.717) is 0 Å². The van der Waals surface area contributed by atoms with Crippen molar-refractivity contribution in [3.63, 3.8) is 0 Å². The Kier molecular flexibility index (Phi) is 2.06. The molecule has 0 N–H and O–H groups in total. The summed E-state index contributed by atoms with van der Waals surface area (Å²) in [6, 6.07) is -19.0. The van der Waals surface area contributed by atoms with Crippen LogP contribution in [0.5, 0.6) is 0 Å². The molecule has 0 aliphatic rings. The standard InChI is InChI=1S/C44H26/c1-2-6-27(7-3-1)34-24-35(37-20-16-32-14-12-28-8-4-10-30-18-22-39(37)43(32)41(28)30)26-36(25-34)38-21-17-33-15-13-29-9-5-11-31-19-23-40(38)44(33)42(29)31/h1-26H/i1D,2D,3D,4D,5D,6D,7D,8D,9D,10D,11D,12D,13D,14D,15D,16D,18D,19D,20D,21D,22D,23D,24D,25D,26D. The SMILES string of the molecule is [2H]c1cc2c([2H])c([2H])c3c([2H])c([2H])c([2H])c4c([2H])c([2H])c(c1-c1c([2H])c(-c5c([2H])c([2H])c([2H])c([2H])c5[2H])c([2H])c(-c5c([2H])c([2H])c6c([2H])c([2H])c7c([2H])c([2H])c([2H])c8c([2H])c([2H])c5c6c78)c1[2H])c2c34. The third kappa shape index (κ3) is 3.34. The molecule has 0 unspecified atom stereocenters. The summed E-state index contributed by atoms with van der Waals surface area (Å²) in [7, 11) is 0. The molecule has 44 heavy (non-hydrogen) atoms. The molecule has 0 saturated carbocycles. The van der Waals surface area contributed by atoms with Gasteiger partial charge in [0.1, 0.15) is 0 Å². The fourth-order valence-electron chi connectivity index (χ4n) is 5.80. The van der Waals surface area contributed by atoms with Crippen molar-refractivity contribution in [3.8, 4) is 33.4 Å². The van der Waals surface area contributed by atoms with E-state index in [4.69, 9.17) is 20.6 Å². The van der Waals surface area contributed by atoms with Crippen LogP contribution in [0.25, 0.3) is 98.0 Å². The van der Waals surface area contributed by atoms with Gasteiger partial charge in [-0.25, -0.2) is 0 Å². The highest BCUT2D eigenvalue weighted by Gasteiger charge is 2.16. The normalized spacial score (nSPS) is 20.0. The van der Waals surface area contributed by atoms with Crippen LogP contribution in [0.3, 0.4) is 0 Å². The molecule has 10 aromatic rings. The first kappa shape index (κ1) is 10.2. The van der Waals surface area contributed by atoms with Crippen molar-refractivity contribution in [2.24, 2.45) is 0 Å². The monoisotopic (exact) mass is 579 g/mol. The van der Waals surface area contributed by atoms with Crippen molar-refractivity contribution < 1.29 is 34.3 Å². The van der Waals surface area contributed by atoms with Gasteiger partial charge < -0.3 is 0 Å². The Morgan fingerprint density at radius 2 is 0.750 bits per heavy atom. The first-order chi connectivity index (χ1) is 32.3. The van der Waals surface area contributed by atoms with Crippen molar-refractivity contribution >= 4 is 64.6 Å². The summed E-state index contributed by atoms with van der Waals surface area (Å²) >= 11 is 0. The van der Waals surface area contributed by atoms with Gasteiger partial charge in [-0.2, -0.15) is 0 Å². The van der Waals surface area contributed by atoms with Gasteiger partial charge in [0.05, 0.1) is 34.3 Å². The number of rotatable bonds is 3. The molecule has 0 saturated heterocycles. The maximum absolute atomic E-state index is 10.0. The Bertz CT molecular complexity index is 4040. The first-order valence-electron chi connectivity index (χ1n) is 25.8. The van der Waals surface area contributed by atoms with Crippen LogP contribution in [0.4, 0.5) is 0 Å². The molecule has 0 amide bonds. The Morgan fingerprint density at radius 3 is 1.36 bits per heavy atom. The van der Waals surface area contributed by atoms with Crippen molar-refractivity contribution in [2.45, 2.75) is 0 Å². The topological polar surface area (TPSA) is 0 Å². The van der Waals surface area contributed by atoms with E-state index in [-0.39, 0.29) is 37.7 Å². The van der Waals surface area contributed by atoms with Crippen LogP contribution < -0.4 is 0 Å². The van der Waals surface area contributed by atoms with E-state index in [2.05, 4.69) is 0 Å². The summed E-state index contributed by atoms with van der Waals surface area (Å²) in [5, 5.41) is -4.23. The molecular formula is C44H26. The molecule has 0 heteroatoms. The largest absolute Gasteiger partial charge is 0.0636 e. The molecular weight excluding hydrogens is 528 g/mol. The van der Waals surface area contributed by atoms with Gasteiger partial charge in [-0.1, -0.05) is 139 Å². The fraction of sp³-hybridized carbons (Fsp3) is 0. The van der Waals surface area contributed by atoms with Crippen molar-refractivity contribution in [2.75, 3.05) is 0 Å². The van der Waals surface area contributed by atoms with Crippen molar-refractivity contribution in [1.29, 1.82) is 0 Å². The molecule has 0 heterocycles. The van der Waals surface area contributed by atoms with Gasteiger partial charge >= 0.3 is 0 Å². The summed E-state index contributed by atoms with van der Waals surface area (Å²) in [6.07, 6.45) is 0. The van der Waals surface area contributed by atoms with Gasteiger partial charge in [-0.15, -0.1) is 0 Å². The van der Waals surface area contributed by atoms with E-state index in [1.807, 2.05) is 0 Å². The smallest absolute Gasteiger partial charge is 0.0622 e. The van der Waals surface area contributed by atoms with E-state index in [1.54, 1.807) is 0 Å². The van der Waals surface area contributed by atoms with Crippen molar-refractivity contribution in [1.82, 2.24) is 0 Å². The Hall–Kier alpha value is -5.72. The van der Waals surface area contributed by atoms with E-state index in [9.17, 15) is 13.7 Å². The van der Waals surface area contributed by atoms with Crippen LogP contribution >= 0.6 is 0 Å². The average Bonchev–Trinajstić information content (AvgIpc) is 3.30. The molecule has 0 bridgehead atoms. The van der Waals surface area contributed by atoms with Gasteiger partial charge in [0.15, 0.2) is 0 Å². The highest BCUT2D eigenvalue weighted by atomic mass is 14.2. The lowest BCUT2D eigenvalue weighted by Crippen LogP contribution is -1.91. The van der Waals surface area contributed by atoms with Gasteiger partial charge in [0.25, 0.3) is 0 Å². The second-order valence-corrected chi connectivity index (χ2v) is 10.1. The number of benzene rings is 10. The van der Waals surface area contributed by atoms with Crippen LogP contribution in [0.1, 0.15) is 34.3 Å². The molecule has 0 aliphatic heterocycles. The average molecular weight is 580 g/mol. The zero-order chi connectivity index (χ0) is 50.5. The van der Waals surface area contributed by atoms with Crippen LogP contribution in [0.15, 0.2) is 157 Å². The predicted octanol–water partition coefficient (Wildman–Crippen LogP) is 12.5.